The number of halogens is 1. The van der Waals surface area contributed by atoms with Gasteiger partial charge in [-0.1, -0.05) is 36.4 Å². The lowest BCUT2D eigenvalue weighted by Crippen LogP contribution is -2.45. The molecule has 0 N–H and O–H groups in total. The Morgan fingerprint density at radius 3 is 2.53 bits per heavy atom. The first-order valence-electron chi connectivity index (χ1n) is 9.97. The molecule has 1 fully saturated rings. The van der Waals surface area contributed by atoms with Gasteiger partial charge in [-0.25, -0.2) is 12.8 Å². The van der Waals surface area contributed by atoms with Gasteiger partial charge in [-0.3, -0.25) is 9.88 Å². The van der Waals surface area contributed by atoms with E-state index in [0.29, 0.717) is 17.9 Å². The SMILES string of the molecule is O=S1(=O)c2ccccc2[C@]2(CCN(Cc3cccnc3)C2)N1Cc1ccc(F)cc1. The lowest BCUT2D eigenvalue weighted by molar-refractivity contribution is 0.184. The van der Waals surface area contributed by atoms with E-state index in [9.17, 15) is 12.8 Å². The molecule has 0 radical (unpaired) electrons. The molecule has 0 unspecified atom stereocenters. The minimum atomic E-state index is -3.64. The highest BCUT2D eigenvalue weighted by Gasteiger charge is 2.56. The minimum absolute atomic E-state index is 0.220. The van der Waals surface area contributed by atoms with Gasteiger partial charge in [0.1, 0.15) is 5.82 Å². The van der Waals surface area contributed by atoms with Crippen LogP contribution >= 0.6 is 0 Å². The zero-order valence-corrected chi connectivity index (χ0v) is 17.2. The molecular formula is C23H22FN3O2S. The normalized spacial score (nSPS) is 23.1. The molecule has 5 nitrogen and oxygen atoms in total. The molecule has 3 aromatic rings. The topological polar surface area (TPSA) is 53.5 Å². The Bertz CT molecular complexity index is 1170. The summed E-state index contributed by atoms with van der Waals surface area (Å²) in [6, 6.07) is 17.3. The van der Waals surface area contributed by atoms with Crippen molar-refractivity contribution in [2.75, 3.05) is 13.1 Å². The first-order chi connectivity index (χ1) is 14.5. The van der Waals surface area contributed by atoms with E-state index in [0.717, 1.165) is 29.8 Å². The summed E-state index contributed by atoms with van der Waals surface area (Å²) >= 11 is 0. The Morgan fingerprint density at radius 2 is 1.77 bits per heavy atom. The molecule has 2 aliphatic rings. The molecule has 1 aromatic heterocycles. The summed E-state index contributed by atoms with van der Waals surface area (Å²) in [6.07, 6.45) is 4.31. The standard InChI is InChI=1S/C23H22FN3O2S/c24-20-9-7-18(8-10-20)16-27-23(21-5-1-2-6-22(21)30(27,28)29)11-13-26(17-23)15-19-4-3-12-25-14-19/h1-10,12,14H,11,13,15-17H2/t23-/m1/s1. The van der Waals surface area contributed by atoms with Crippen LogP contribution in [0.3, 0.4) is 0 Å². The number of benzene rings is 2. The van der Waals surface area contributed by atoms with Crippen LogP contribution in [-0.2, 0) is 28.7 Å². The van der Waals surface area contributed by atoms with Crippen LogP contribution in [0.25, 0.3) is 0 Å². The number of aromatic nitrogens is 1. The van der Waals surface area contributed by atoms with Crippen molar-refractivity contribution in [1.29, 1.82) is 0 Å². The first kappa shape index (κ1) is 19.4. The Balaban J connectivity index is 1.52. The molecule has 1 saturated heterocycles. The van der Waals surface area contributed by atoms with E-state index in [2.05, 4.69) is 9.88 Å². The van der Waals surface area contributed by atoms with Crippen molar-refractivity contribution in [2.45, 2.75) is 29.9 Å². The average molecular weight is 424 g/mol. The first-order valence-corrected chi connectivity index (χ1v) is 11.4. The maximum absolute atomic E-state index is 13.5. The maximum Gasteiger partial charge on any atom is 0.244 e. The van der Waals surface area contributed by atoms with Crippen LogP contribution in [0.15, 0.2) is 78.0 Å². The molecule has 1 atom stereocenters. The lowest BCUT2D eigenvalue weighted by atomic mass is 9.88. The summed E-state index contributed by atoms with van der Waals surface area (Å²) in [7, 11) is -3.64. The van der Waals surface area contributed by atoms with Gasteiger partial charge in [0.25, 0.3) is 0 Å². The highest BCUT2D eigenvalue weighted by atomic mass is 32.2. The van der Waals surface area contributed by atoms with Crippen LogP contribution in [0, 0.1) is 5.82 Å². The van der Waals surface area contributed by atoms with E-state index in [1.165, 1.54) is 12.1 Å². The fourth-order valence-corrected chi connectivity index (χ4v) is 6.78. The van der Waals surface area contributed by atoms with E-state index in [-0.39, 0.29) is 12.4 Å². The number of fused-ring (bicyclic) bond motifs is 2. The third-order valence-corrected chi connectivity index (χ3v) is 8.10. The van der Waals surface area contributed by atoms with Gasteiger partial charge in [0, 0.05) is 38.6 Å². The summed E-state index contributed by atoms with van der Waals surface area (Å²) in [6.45, 7) is 2.35. The molecular weight excluding hydrogens is 401 g/mol. The summed E-state index contributed by atoms with van der Waals surface area (Å²) in [4.78, 5) is 6.86. The van der Waals surface area contributed by atoms with Gasteiger partial charge in [0.05, 0.1) is 10.4 Å². The average Bonchev–Trinajstić information content (AvgIpc) is 3.24. The van der Waals surface area contributed by atoms with Crippen molar-refractivity contribution in [3.63, 3.8) is 0 Å². The molecule has 0 bridgehead atoms. The Labute approximate surface area is 175 Å². The summed E-state index contributed by atoms with van der Waals surface area (Å²) in [5.41, 5.74) is 2.12. The number of hydrogen-bond donors (Lipinski definition) is 0. The van der Waals surface area contributed by atoms with Crippen LogP contribution in [-0.4, -0.2) is 35.7 Å². The molecule has 3 heterocycles. The maximum atomic E-state index is 13.5. The summed E-state index contributed by atoms with van der Waals surface area (Å²) in [5, 5.41) is 0. The molecule has 7 heteroatoms. The van der Waals surface area contributed by atoms with E-state index >= 15 is 0 Å². The number of pyridine rings is 1. The van der Waals surface area contributed by atoms with Gasteiger partial charge in [0.15, 0.2) is 0 Å². The second-order valence-corrected chi connectivity index (χ2v) is 9.82. The van der Waals surface area contributed by atoms with E-state index in [4.69, 9.17) is 0 Å². The number of sulfonamides is 1. The fourth-order valence-electron chi connectivity index (χ4n) is 4.73. The predicted molar refractivity (Wildman–Crippen MR) is 111 cm³/mol. The third kappa shape index (κ3) is 3.14. The molecule has 154 valence electrons. The fraction of sp³-hybridized carbons (Fsp3) is 0.261. The Kier molecular flexibility index (Phi) is 4.69. The second-order valence-electron chi connectivity index (χ2n) is 7.99. The minimum Gasteiger partial charge on any atom is -0.297 e. The third-order valence-electron chi connectivity index (χ3n) is 6.13. The van der Waals surface area contributed by atoms with Crippen LogP contribution < -0.4 is 0 Å². The quantitative estimate of drug-likeness (QED) is 0.644. The van der Waals surface area contributed by atoms with Crippen molar-refractivity contribution in [2.24, 2.45) is 0 Å². The van der Waals surface area contributed by atoms with Crippen LogP contribution in [0.1, 0.15) is 23.1 Å². The van der Waals surface area contributed by atoms with Crippen molar-refractivity contribution >= 4 is 10.0 Å². The highest BCUT2D eigenvalue weighted by Crippen LogP contribution is 2.50. The number of hydrogen-bond acceptors (Lipinski definition) is 4. The van der Waals surface area contributed by atoms with Gasteiger partial charge in [-0.15, -0.1) is 0 Å². The zero-order chi connectivity index (χ0) is 20.8. The van der Waals surface area contributed by atoms with Crippen molar-refractivity contribution in [3.8, 4) is 0 Å². The highest BCUT2D eigenvalue weighted by molar-refractivity contribution is 7.89. The van der Waals surface area contributed by atoms with Gasteiger partial charge in [0.2, 0.25) is 10.0 Å². The number of likely N-dealkylation sites (tertiary alicyclic amines) is 1. The van der Waals surface area contributed by atoms with Crippen molar-refractivity contribution in [3.05, 3.63) is 95.6 Å². The molecule has 2 aromatic carbocycles. The summed E-state index contributed by atoms with van der Waals surface area (Å²) < 4.78 is 42.0. The van der Waals surface area contributed by atoms with Gasteiger partial charge >= 0.3 is 0 Å². The van der Waals surface area contributed by atoms with Crippen molar-refractivity contribution in [1.82, 2.24) is 14.2 Å². The van der Waals surface area contributed by atoms with Gasteiger partial charge in [-0.2, -0.15) is 4.31 Å². The van der Waals surface area contributed by atoms with Gasteiger partial charge in [-0.05, 0) is 47.4 Å². The van der Waals surface area contributed by atoms with E-state index < -0.39 is 15.6 Å². The number of nitrogens with zero attached hydrogens (tertiary/aromatic N) is 3. The largest absolute Gasteiger partial charge is 0.297 e. The molecule has 30 heavy (non-hydrogen) atoms. The smallest absolute Gasteiger partial charge is 0.244 e. The molecule has 0 aliphatic carbocycles. The van der Waals surface area contributed by atoms with Gasteiger partial charge < -0.3 is 0 Å². The van der Waals surface area contributed by atoms with E-state index in [1.54, 1.807) is 34.8 Å². The molecule has 0 amide bonds. The predicted octanol–water partition coefficient (Wildman–Crippen LogP) is 3.53. The van der Waals surface area contributed by atoms with Crippen LogP contribution in [0.4, 0.5) is 4.39 Å². The molecule has 5 rings (SSSR count). The van der Waals surface area contributed by atoms with E-state index in [1.807, 2.05) is 30.5 Å². The lowest BCUT2D eigenvalue weighted by Gasteiger charge is -2.34. The number of rotatable bonds is 4. The molecule has 0 saturated carbocycles. The monoisotopic (exact) mass is 423 g/mol. The zero-order valence-electron chi connectivity index (χ0n) is 16.4. The van der Waals surface area contributed by atoms with Crippen molar-refractivity contribution < 1.29 is 12.8 Å². The van der Waals surface area contributed by atoms with Crippen LogP contribution in [0.5, 0.6) is 0 Å². The Morgan fingerprint density at radius 1 is 0.967 bits per heavy atom. The summed E-state index contributed by atoms with van der Waals surface area (Å²) in [5.74, 6) is -0.329. The molecule has 1 spiro atoms. The molecule has 2 aliphatic heterocycles. The Hall–Kier alpha value is -2.61. The second kappa shape index (κ2) is 7.27. The van der Waals surface area contributed by atoms with Crippen LogP contribution in [0.2, 0.25) is 0 Å².